The number of pyridine rings is 2. The van der Waals surface area contributed by atoms with Crippen LogP contribution >= 0.6 is 23.2 Å². The summed E-state index contributed by atoms with van der Waals surface area (Å²) in [6, 6.07) is 12.3. The fourth-order valence-electron chi connectivity index (χ4n) is 5.57. The average molecular weight is 598 g/mol. The number of hydrogen-bond donors (Lipinski definition) is 3. The number of benzene rings is 1. The summed E-state index contributed by atoms with van der Waals surface area (Å²) in [7, 11) is 0. The average Bonchev–Trinajstić information content (AvgIpc) is 3.34. The van der Waals surface area contributed by atoms with Crippen LogP contribution in [0.2, 0.25) is 10.0 Å². The van der Waals surface area contributed by atoms with Gasteiger partial charge in [-0.1, -0.05) is 41.4 Å². The summed E-state index contributed by atoms with van der Waals surface area (Å²) in [4.78, 5) is 24.3. The standard InChI is InChI=1S/C30H31Cl2FN6O2/c1-17-6-5-10-34-28(17)21-13-24(36-25-12-18(2)37-38-25)35-23(26(21)32)15-30(29(40)41)9-11-39(19(3)14-30)16-20-7-4-8-22(31)27(20)33/h4-8,10,12-13,19H,9,11,14-16H2,1-3H3,(H,40,41)(H2,35,36,37,38)/t19-,30-/m1/s1. The Bertz CT molecular complexity index is 1600. The first-order chi connectivity index (χ1) is 19.6. The molecule has 2 atom stereocenters. The van der Waals surface area contributed by atoms with E-state index in [0.29, 0.717) is 65.1 Å². The Hall–Kier alpha value is -3.53. The predicted molar refractivity (Wildman–Crippen MR) is 158 cm³/mol. The number of halogens is 3. The summed E-state index contributed by atoms with van der Waals surface area (Å²) in [5, 5.41) is 21.3. The van der Waals surface area contributed by atoms with Gasteiger partial charge in [0, 0.05) is 48.1 Å². The third-order valence-corrected chi connectivity index (χ3v) is 8.52. The summed E-state index contributed by atoms with van der Waals surface area (Å²) in [5.41, 5.74) is 3.00. The Labute approximate surface area is 247 Å². The molecule has 0 spiro atoms. The predicted octanol–water partition coefficient (Wildman–Crippen LogP) is 6.97. The minimum absolute atomic E-state index is 0.0743. The van der Waals surface area contributed by atoms with Gasteiger partial charge in [-0.2, -0.15) is 5.10 Å². The number of anilines is 2. The molecule has 0 unspecified atom stereocenters. The van der Waals surface area contributed by atoms with E-state index >= 15 is 0 Å². The van der Waals surface area contributed by atoms with Crippen LogP contribution in [0.1, 0.15) is 42.3 Å². The molecule has 214 valence electrons. The molecule has 1 fully saturated rings. The second-order valence-corrected chi connectivity index (χ2v) is 11.6. The van der Waals surface area contributed by atoms with E-state index < -0.39 is 17.2 Å². The molecular formula is C30H31Cl2FN6O2. The van der Waals surface area contributed by atoms with Crippen molar-refractivity contribution in [2.24, 2.45) is 5.41 Å². The SMILES string of the molecule is Cc1cc(Nc2cc(-c3ncccc3C)c(Cl)c(C[C@@]3(C(=O)O)CCN(Cc4cccc(Cl)c4F)[C@H](C)C3)n2)n[nH]1. The second kappa shape index (κ2) is 11.8. The van der Waals surface area contributed by atoms with Crippen LogP contribution < -0.4 is 5.32 Å². The number of hydrogen-bond acceptors (Lipinski definition) is 6. The van der Waals surface area contributed by atoms with Crippen molar-refractivity contribution in [3.8, 4) is 11.3 Å². The number of nitrogens with one attached hydrogen (secondary N) is 2. The van der Waals surface area contributed by atoms with Gasteiger partial charge in [0.2, 0.25) is 0 Å². The highest BCUT2D eigenvalue weighted by atomic mass is 35.5. The summed E-state index contributed by atoms with van der Waals surface area (Å²) in [6.07, 6.45) is 2.51. The van der Waals surface area contributed by atoms with Crippen LogP contribution in [0.25, 0.3) is 11.3 Å². The maximum Gasteiger partial charge on any atom is 0.310 e. The van der Waals surface area contributed by atoms with Crippen molar-refractivity contribution >= 4 is 40.8 Å². The number of rotatable bonds is 8. The highest BCUT2D eigenvalue weighted by molar-refractivity contribution is 6.34. The van der Waals surface area contributed by atoms with Crippen molar-refractivity contribution in [1.29, 1.82) is 0 Å². The largest absolute Gasteiger partial charge is 0.481 e. The van der Waals surface area contributed by atoms with E-state index in [9.17, 15) is 14.3 Å². The highest BCUT2D eigenvalue weighted by Gasteiger charge is 2.45. The van der Waals surface area contributed by atoms with Crippen LogP contribution in [0.15, 0.2) is 48.7 Å². The molecule has 0 amide bonds. The zero-order valence-corrected chi connectivity index (χ0v) is 24.5. The molecule has 3 aromatic heterocycles. The molecule has 41 heavy (non-hydrogen) atoms. The molecule has 1 aromatic carbocycles. The van der Waals surface area contributed by atoms with E-state index in [-0.39, 0.29) is 17.5 Å². The van der Waals surface area contributed by atoms with Crippen molar-refractivity contribution in [2.45, 2.75) is 52.6 Å². The molecule has 4 heterocycles. The second-order valence-electron chi connectivity index (χ2n) is 10.8. The van der Waals surface area contributed by atoms with E-state index in [1.54, 1.807) is 18.3 Å². The summed E-state index contributed by atoms with van der Waals surface area (Å²) < 4.78 is 14.6. The van der Waals surface area contributed by atoms with Gasteiger partial charge in [0.1, 0.15) is 11.6 Å². The van der Waals surface area contributed by atoms with Gasteiger partial charge in [0.05, 0.1) is 26.8 Å². The molecule has 11 heteroatoms. The van der Waals surface area contributed by atoms with Crippen molar-refractivity contribution in [1.82, 2.24) is 25.1 Å². The van der Waals surface area contributed by atoms with Crippen molar-refractivity contribution < 1.29 is 14.3 Å². The third-order valence-electron chi connectivity index (χ3n) is 7.80. The van der Waals surface area contributed by atoms with Crippen molar-refractivity contribution in [3.63, 3.8) is 0 Å². The number of H-pyrrole nitrogens is 1. The lowest BCUT2D eigenvalue weighted by Crippen LogP contribution is -2.49. The fraction of sp³-hybridized carbons (Fsp3) is 0.333. The molecule has 0 bridgehead atoms. The Morgan fingerprint density at radius 3 is 2.71 bits per heavy atom. The van der Waals surface area contributed by atoms with Gasteiger partial charge in [0.15, 0.2) is 5.82 Å². The number of carboxylic acids is 1. The van der Waals surface area contributed by atoms with Gasteiger partial charge in [0.25, 0.3) is 0 Å². The molecule has 4 aromatic rings. The lowest BCUT2D eigenvalue weighted by atomic mass is 9.72. The third kappa shape index (κ3) is 6.07. The quantitative estimate of drug-likeness (QED) is 0.201. The molecule has 0 radical (unpaired) electrons. The first-order valence-electron chi connectivity index (χ1n) is 13.4. The van der Waals surface area contributed by atoms with Crippen LogP contribution in [0.4, 0.5) is 16.0 Å². The van der Waals surface area contributed by atoms with E-state index in [1.807, 2.05) is 45.0 Å². The number of carbonyl (C=O) groups is 1. The first kappa shape index (κ1) is 29.0. The number of aromatic amines is 1. The highest BCUT2D eigenvalue weighted by Crippen LogP contribution is 2.42. The van der Waals surface area contributed by atoms with Gasteiger partial charge in [-0.3, -0.25) is 19.8 Å². The summed E-state index contributed by atoms with van der Waals surface area (Å²) in [6.45, 7) is 6.62. The van der Waals surface area contributed by atoms with E-state index in [0.717, 1.165) is 11.3 Å². The molecule has 1 saturated heterocycles. The Balaban J connectivity index is 1.48. The Morgan fingerprint density at radius 1 is 1.22 bits per heavy atom. The van der Waals surface area contributed by atoms with Crippen LogP contribution in [0.5, 0.6) is 0 Å². The van der Waals surface area contributed by atoms with Gasteiger partial charge >= 0.3 is 5.97 Å². The maximum atomic E-state index is 14.6. The number of carboxylic acid groups (broad SMARTS) is 1. The van der Waals surface area contributed by atoms with Crippen LogP contribution in [-0.4, -0.2) is 48.7 Å². The monoisotopic (exact) mass is 596 g/mol. The molecule has 3 N–H and O–H groups in total. The Morgan fingerprint density at radius 2 is 2.02 bits per heavy atom. The smallest absolute Gasteiger partial charge is 0.310 e. The topological polar surface area (TPSA) is 107 Å². The molecular weight excluding hydrogens is 566 g/mol. The van der Waals surface area contributed by atoms with Gasteiger partial charge in [-0.15, -0.1) is 0 Å². The Kier molecular flexibility index (Phi) is 8.31. The normalized spacial score (nSPS) is 19.3. The van der Waals surface area contributed by atoms with Crippen LogP contribution in [-0.2, 0) is 17.8 Å². The van der Waals surface area contributed by atoms with Gasteiger partial charge in [-0.25, -0.2) is 9.37 Å². The number of piperidine rings is 1. The minimum atomic E-state index is -1.11. The summed E-state index contributed by atoms with van der Waals surface area (Å²) in [5.74, 6) is -0.289. The molecule has 5 rings (SSSR count). The van der Waals surface area contributed by atoms with Crippen molar-refractivity contribution in [2.75, 3.05) is 11.9 Å². The number of aryl methyl sites for hydroxylation is 2. The van der Waals surface area contributed by atoms with Gasteiger partial charge < -0.3 is 10.4 Å². The maximum absolute atomic E-state index is 14.6. The molecule has 1 aliphatic heterocycles. The minimum Gasteiger partial charge on any atom is -0.481 e. The number of aliphatic carboxylic acids is 1. The van der Waals surface area contributed by atoms with E-state index in [2.05, 4.69) is 25.4 Å². The number of nitrogens with zero attached hydrogens (tertiary/aromatic N) is 4. The lowest BCUT2D eigenvalue weighted by Gasteiger charge is -2.43. The zero-order chi connectivity index (χ0) is 29.3. The molecule has 0 saturated carbocycles. The summed E-state index contributed by atoms with van der Waals surface area (Å²) >= 11 is 13.0. The number of aromatic nitrogens is 4. The van der Waals surface area contributed by atoms with E-state index in [1.165, 1.54) is 6.07 Å². The van der Waals surface area contributed by atoms with Crippen LogP contribution in [0.3, 0.4) is 0 Å². The first-order valence-corrected chi connectivity index (χ1v) is 14.1. The van der Waals surface area contributed by atoms with Crippen molar-refractivity contribution in [3.05, 3.63) is 87.0 Å². The zero-order valence-electron chi connectivity index (χ0n) is 23.0. The molecule has 0 aliphatic carbocycles. The van der Waals surface area contributed by atoms with Crippen LogP contribution in [0, 0.1) is 25.1 Å². The van der Waals surface area contributed by atoms with E-state index in [4.69, 9.17) is 28.2 Å². The number of likely N-dealkylation sites (tertiary alicyclic amines) is 1. The lowest BCUT2D eigenvalue weighted by molar-refractivity contribution is -0.153. The molecule has 1 aliphatic rings. The van der Waals surface area contributed by atoms with Gasteiger partial charge in [-0.05, 0) is 63.9 Å². The molecule has 8 nitrogen and oxygen atoms in total. The fourth-order valence-corrected chi connectivity index (χ4v) is 6.01.